The quantitative estimate of drug-likeness (QED) is 0.852. The van der Waals surface area contributed by atoms with E-state index in [4.69, 9.17) is 4.74 Å². The van der Waals surface area contributed by atoms with E-state index in [0.29, 0.717) is 0 Å². The molecule has 0 N–H and O–H groups in total. The van der Waals surface area contributed by atoms with Gasteiger partial charge in [-0.3, -0.25) is 0 Å². The Morgan fingerprint density at radius 1 is 1.00 bits per heavy atom. The summed E-state index contributed by atoms with van der Waals surface area (Å²) in [6.07, 6.45) is 0.344. The summed E-state index contributed by atoms with van der Waals surface area (Å²) in [5.74, 6) is 0. The third kappa shape index (κ3) is 2.39. The van der Waals surface area contributed by atoms with Crippen molar-refractivity contribution in [1.29, 1.82) is 0 Å². The molecule has 2 aromatic carbocycles. The van der Waals surface area contributed by atoms with Crippen molar-refractivity contribution in [2.24, 2.45) is 0 Å². The monoisotopic (exact) mass is 267 g/mol. The maximum atomic E-state index is 11.9. The van der Waals surface area contributed by atoms with Crippen molar-refractivity contribution in [3.8, 4) is 0 Å². The van der Waals surface area contributed by atoms with Gasteiger partial charge in [0.1, 0.15) is 6.10 Å². The lowest BCUT2D eigenvalue weighted by atomic mass is 9.96. The highest BCUT2D eigenvalue weighted by molar-refractivity contribution is 5.70. The third-order valence-electron chi connectivity index (χ3n) is 3.78. The summed E-state index contributed by atoms with van der Waals surface area (Å²) in [4.78, 5) is 13.6. The van der Waals surface area contributed by atoms with Crippen LogP contribution >= 0.6 is 0 Å². The van der Waals surface area contributed by atoms with Crippen LogP contribution in [0, 0.1) is 0 Å². The first-order chi connectivity index (χ1) is 9.75. The van der Waals surface area contributed by atoms with Gasteiger partial charge in [0, 0.05) is 7.05 Å². The largest absolute Gasteiger partial charge is 0.439 e. The standard InChI is InChI=1S/C17H17NO2/c1-18-15(12-13-8-4-2-5-9-13)16(20-17(18)19)14-10-6-3-7-11-14/h2-11,15-16H,12H2,1H3. The van der Waals surface area contributed by atoms with Gasteiger partial charge in [-0.05, 0) is 17.5 Å². The summed E-state index contributed by atoms with van der Waals surface area (Å²) in [7, 11) is 1.80. The van der Waals surface area contributed by atoms with E-state index in [1.807, 2.05) is 48.5 Å². The first-order valence-corrected chi connectivity index (χ1v) is 6.78. The minimum Gasteiger partial charge on any atom is -0.439 e. The van der Waals surface area contributed by atoms with Crippen LogP contribution in [0.15, 0.2) is 60.7 Å². The van der Waals surface area contributed by atoms with Crippen molar-refractivity contribution in [2.75, 3.05) is 7.05 Å². The lowest BCUT2D eigenvalue weighted by molar-refractivity contribution is 0.130. The minimum absolute atomic E-state index is 0.0345. The van der Waals surface area contributed by atoms with E-state index in [2.05, 4.69) is 12.1 Å². The van der Waals surface area contributed by atoms with Crippen LogP contribution in [-0.4, -0.2) is 24.1 Å². The highest BCUT2D eigenvalue weighted by Crippen LogP contribution is 2.33. The molecular weight excluding hydrogens is 250 g/mol. The van der Waals surface area contributed by atoms with E-state index in [-0.39, 0.29) is 18.2 Å². The van der Waals surface area contributed by atoms with Crippen molar-refractivity contribution < 1.29 is 9.53 Å². The van der Waals surface area contributed by atoms with Crippen LogP contribution < -0.4 is 0 Å². The fourth-order valence-electron chi connectivity index (χ4n) is 2.64. The van der Waals surface area contributed by atoms with Gasteiger partial charge >= 0.3 is 6.09 Å². The molecule has 1 aliphatic rings. The maximum Gasteiger partial charge on any atom is 0.410 e. The summed E-state index contributed by atoms with van der Waals surface area (Å²) < 4.78 is 5.53. The molecule has 0 spiro atoms. The molecule has 3 heteroatoms. The summed E-state index contributed by atoms with van der Waals surface area (Å²) in [6, 6.07) is 20.2. The van der Waals surface area contributed by atoms with Gasteiger partial charge < -0.3 is 9.64 Å². The van der Waals surface area contributed by atoms with E-state index in [0.717, 1.165) is 12.0 Å². The Balaban J connectivity index is 1.87. The average Bonchev–Trinajstić information content (AvgIpc) is 2.78. The lowest BCUT2D eigenvalue weighted by Crippen LogP contribution is -2.32. The van der Waals surface area contributed by atoms with Crippen LogP contribution in [0.4, 0.5) is 4.79 Å². The van der Waals surface area contributed by atoms with Crippen molar-refractivity contribution >= 4 is 6.09 Å². The van der Waals surface area contributed by atoms with Crippen molar-refractivity contribution in [3.63, 3.8) is 0 Å². The van der Waals surface area contributed by atoms with Crippen LogP contribution in [0.5, 0.6) is 0 Å². The molecule has 2 aromatic rings. The molecule has 1 heterocycles. The van der Waals surface area contributed by atoms with Crippen LogP contribution in [0.2, 0.25) is 0 Å². The van der Waals surface area contributed by atoms with Crippen molar-refractivity contribution in [3.05, 3.63) is 71.8 Å². The smallest absolute Gasteiger partial charge is 0.410 e. The summed E-state index contributed by atoms with van der Waals surface area (Å²) in [5.41, 5.74) is 2.26. The van der Waals surface area contributed by atoms with Crippen LogP contribution in [0.1, 0.15) is 17.2 Å². The Morgan fingerprint density at radius 2 is 1.60 bits per heavy atom. The van der Waals surface area contributed by atoms with Gasteiger partial charge in [-0.2, -0.15) is 0 Å². The van der Waals surface area contributed by atoms with Gasteiger partial charge in [-0.15, -0.1) is 0 Å². The van der Waals surface area contributed by atoms with E-state index < -0.39 is 0 Å². The number of likely N-dealkylation sites (N-methyl/N-ethyl adjacent to an activating group) is 1. The molecule has 2 atom stereocenters. The zero-order valence-corrected chi connectivity index (χ0v) is 11.4. The average molecular weight is 267 g/mol. The Morgan fingerprint density at radius 3 is 2.25 bits per heavy atom. The SMILES string of the molecule is CN1C(=O)OC(c2ccccc2)C1Cc1ccccc1. The molecule has 1 fully saturated rings. The number of ether oxygens (including phenoxy) is 1. The van der Waals surface area contributed by atoms with E-state index in [9.17, 15) is 4.79 Å². The molecule has 0 aromatic heterocycles. The molecule has 1 aliphatic heterocycles. The number of cyclic esters (lactones) is 1. The molecule has 102 valence electrons. The van der Waals surface area contributed by atoms with Crippen molar-refractivity contribution in [1.82, 2.24) is 4.90 Å². The Kier molecular flexibility index (Phi) is 3.42. The topological polar surface area (TPSA) is 29.5 Å². The molecule has 0 bridgehead atoms. The number of hydrogen-bond donors (Lipinski definition) is 0. The van der Waals surface area contributed by atoms with Gasteiger partial charge in [0.2, 0.25) is 0 Å². The minimum atomic E-state index is -0.250. The van der Waals surface area contributed by atoms with Crippen molar-refractivity contribution in [2.45, 2.75) is 18.6 Å². The summed E-state index contributed by atoms with van der Waals surface area (Å²) in [6.45, 7) is 0. The Hall–Kier alpha value is -2.29. The predicted octanol–water partition coefficient (Wildman–Crippen LogP) is 3.42. The lowest BCUT2D eigenvalue weighted by Gasteiger charge is -2.21. The molecule has 1 amide bonds. The van der Waals surface area contributed by atoms with Gasteiger partial charge in [0.25, 0.3) is 0 Å². The van der Waals surface area contributed by atoms with Gasteiger partial charge in [0.05, 0.1) is 6.04 Å². The van der Waals surface area contributed by atoms with E-state index >= 15 is 0 Å². The first-order valence-electron chi connectivity index (χ1n) is 6.78. The van der Waals surface area contributed by atoms with Crippen LogP contribution in [-0.2, 0) is 11.2 Å². The van der Waals surface area contributed by atoms with Gasteiger partial charge in [-0.25, -0.2) is 4.79 Å². The highest BCUT2D eigenvalue weighted by atomic mass is 16.6. The number of nitrogens with zero attached hydrogens (tertiary/aromatic N) is 1. The molecule has 2 unspecified atom stereocenters. The number of carbonyl (C=O) groups excluding carboxylic acids is 1. The van der Waals surface area contributed by atoms with E-state index in [1.54, 1.807) is 11.9 Å². The van der Waals surface area contributed by atoms with Gasteiger partial charge in [0.15, 0.2) is 0 Å². The number of amides is 1. The normalized spacial score (nSPS) is 21.9. The molecule has 0 saturated carbocycles. The second-order valence-electron chi connectivity index (χ2n) is 5.08. The molecule has 3 rings (SSSR count). The molecule has 20 heavy (non-hydrogen) atoms. The summed E-state index contributed by atoms with van der Waals surface area (Å²) >= 11 is 0. The molecule has 0 radical (unpaired) electrons. The van der Waals surface area contributed by atoms with Crippen LogP contribution in [0.3, 0.4) is 0 Å². The van der Waals surface area contributed by atoms with Gasteiger partial charge in [-0.1, -0.05) is 60.7 Å². The second-order valence-corrected chi connectivity index (χ2v) is 5.08. The summed E-state index contributed by atoms with van der Waals surface area (Å²) in [5, 5.41) is 0. The second kappa shape index (κ2) is 5.37. The predicted molar refractivity (Wildman–Crippen MR) is 77.4 cm³/mol. The Bertz CT molecular complexity index is 582. The highest BCUT2D eigenvalue weighted by Gasteiger charge is 2.40. The fraction of sp³-hybridized carbons (Fsp3) is 0.235. The number of rotatable bonds is 3. The molecule has 1 saturated heterocycles. The molecular formula is C17H17NO2. The third-order valence-corrected chi connectivity index (χ3v) is 3.78. The van der Waals surface area contributed by atoms with E-state index in [1.165, 1.54) is 5.56 Å². The zero-order chi connectivity index (χ0) is 13.9. The number of hydrogen-bond acceptors (Lipinski definition) is 2. The number of carbonyl (C=O) groups is 1. The van der Waals surface area contributed by atoms with Crippen LogP contribution in [0.25, 0.3) is 0 Å². The molecule has 3 nitrogen and oxygen atoms in total. The number of benzene rings is 2. The zero-order valence-electron chi connectivity index (χ0n) is 11.4. The molecule has 0 aliphatic carbocycles. The Labute approximate surface area is 118 Å². The fourth-order valence-corrected chi connectivity index (χ4v) is 2.64. The maximum absolute atomic E-state index is 11.9. The first kappa shape index (κ1) is 12.7.